The fraction of sp³-hybridized carbons (Fsp3) is 0.955. The van der Waals surface area contributed by atoms with Gasteiger partial charge in [0, 0.05) is 19.6 Å². The van der Waals surface area contributed by atoms with Gasteiger partial charge in [-0.1, -0.05) is 149 Å². The molecule has 0 aromatic carbocycles. The van der Waals surface area contributed by atoms with E-state index in [-0.39, 0.29) is 18.5 Å². The molecule has 0 unspecified atom stereocenters. The van der Waals surface area contributed by atoms with Gasteiger partial charge in [0.05, 0.1) is 18.6 Å². The summed E-state index contributed by atoms with van der Waals surface area (Å²) >= 11 is 0. The Morgan fingerprint density at radius 3 is 1.60 bits per heavy atom. The quantitative estimate of drug-likeness (QED) is 0.0506. The zero-order chi connectivity index (χ0) is 37.0. The Labute approximate surface area is 312 Å². The Morgan fingerprint density at radius 2 is 1.00 bits per heavy atom. The summed E-state index contributed by atoms with van der Waals surface area (Å²) in [7, 11) is 0. The van der Waals surface area contributed by atoms with Crippen LogP contribution in [-0.4, -0.2) is 61.4 Å². The molecule has 0 aromatic heterocycles. The van der Waals surface area contributed by atoms with Crippen LogP contribution in [0.3, 0.4) is 0 Å². The Hall–Kier alpha value is -1.14. The van der Waals surface area contributed by atoms with Crippen LogP contribution in [0.1, 0.15) is 221 Å². The maximum Gasteiger partial charge on any atom is 0.311 e. The largest absolute Gasteiger partial charge is 0.466 e. The third-order valence-electron chi connectivity index (χ3n) is 10.5. The molecule has 0 rings (SSSR count). The van der Waals surface area contributed by atoms with Crippen molar-refractivity contribution in [1.82, 2.24) is 4.90 Å². The molecule has 6 heteroatoms. The van der Waals surface area contributed by atoms with Gasteiger partial charge in [-0.3, -0.25) is 9.59 Å². The van der Waals surface area contributed by atoms with E-state index in [0.717, 1.165) is 96.2 Å². The van der Waals surface area contributed by atoms with E-state index in [2.05, 4.69) is 25.7 Å². The predicted octanol–water partition coefficient (Wildman–Crippen LogP) is 12.4. The molecule has 0 bridgehead atoms. The number of nitrogens with zero attached hydrogens (tertiary/aromatic N) is 1. The fourth-order valence-corrected chi connectivity index (χ4v) is 6.97. The molecule has 0 radical (unpaired) electrons. The van der Waals surface area contributed by atoms with Crippen molar-refractivity contribution in [3.8, 4) is 0 Å². The summed E-state index contributed by atoms with van der Waals surface area (Å²) in [5.41, 5.74) is -0.404. The lowest BCUT2D eigenvalue weighted by Gasteiger charge is -2.23. The van der Waals surface area contributed by atoms with Crippen LogP contribution in [0.5, 0.6) is 0 Å². The molecule has 298 valence electrons. The van der Waals surface area contributed by atoms with E-state index in [4.69, 9.17) is 9.47 Å². The molecule has 0 aliphatic rings. The fourth-order valence-electron chi connectivity index (χ4n) is 6.97. The molecule has 0 aromatic rings. The number of carbonyl (C=O) groups excluding carboxylic acids is 2. The summed E-state index contributed by atoms with van der Waals surface area (Å²) < 4.78 is 11.2. The lowest BCUT2D eigenvalue weighted by molar-refractivity contribution is -0.154. The minimum Gasteiger partial charge on any atom is -0.466 e. The molecule has 0 atom stereocenters. The van der Waals surface area contributed by atoms with E-state index in [9.17, 15) is 14.7 Å². The van der Waals surface area contributed by atoms with Crippen molar-refractivity contribution >= 4 is 11.9 Å². The van der Waals surface area contributed by atoms with Crippen LogP contribution in [0.25, 0.3) is 0 Å². The number of aliphatic hydroxyl groups excluding tert-OH is 1. The number of ether oxygens (including phenoxy) is 2. The number of esters is 2. The summed E-state index contributed by atoms with van der Waals surface area (Å²) in [4.78, 5) is 27.4. The number of hydrogen-bond acceptors (Lipinski definition) is 6. The van der Waals surface area contributed by atoms with Crippen LogP contribution in [0.15, 0.2) is 0 Å². The van der Waals surface area contributed by atoms with Crippen LogP contribution < -0.4 is 0 Å². The first-order valence-corrected chi connectivity index (χ1v) is 22.0. The molecular weight excluding hydrogens is 622 g/mol. The van der Waals surface area contributed by atoms with E-state index in [1.165, 1.54) is 109 Å². The molecule has 0 heterocycles. The lowest BCUT2D eigenvalue weighted by atomic mass is 9.87. The first-order chi connectivity index (χ1) is 24.3. The monoisotopic (exact) mass is 710 g/mol. The molecule has 0 spiro atoms. The van der Waals surface area contributed by atoms with Gasteiger partial charge < -0.3 is 19.5 Å². The second-order valence-electron chi connectivity index (χ2n) is 16.0. The molecule has 0 saturated carbocycles. The Morgan fingerprint density at radius 1 is 0.540 bits per heavy atom. The van der Waals surface area contributed by atoms with Gasteiger partial charge in [0.2, 0.25) is 0 Å². The minimum absolute atomic E-state index is 0.0176. The van der Waals surface area contributed by atoms with Crippen LogP contribution in [0, 0.1) is 11.3 Å². The van der Waals surface area contributed by atoms with Gasteiger partial charge in [0.1, 0.15) is 0 Å². The molecule has 0 saturated heterocycles. The normalized spacial score (nSPS) is 11.9. The third kappa shape index (κ3) is 31.6. The number of carbonyl (C=O) groups is 2. The van der Waals surface area contributed by atoms with Crippen LogP contribution in [-0.2, 0) is 19.1 Å². The molecule has 0 fully saturated rings. The maximum absolute atomic E-state index is 12.6. The first-order valence-electron chi connectivity index (χ1n) is 22.0. The highest BCUT2D eigenvalue weighted by Crippen LogP contribution is 2.26. The number of rotatable bonds is 39. The molecular formula is C44H87NO5. The SMILES string of the molecule is CCCCCCCCCOC(=O)C(C)(C)CCCCCCN(CCCO)CCCCCCCC(=O)OCCCC(CCCCC)CCCCC. The van der Waals surface area contributed by atoms with Gasteiger partial charge in [-0.15, -0.1) is 0 Å². The zero-order valence-electron chi connectivity index (χ0n) is 34.4. The predicted molar refractivity (Wildman–Crippen MR) is 214 cm³/mol. The van der Waals surface area contributed by atoms with Crippen molar-refractivity contribution in [2.45, 2.75) is 221 Å². The van der Waals surface area contributed by atoms with Crippen molar-refractivity contribution in [3.05, 3.63) is 0 Å². The summed E-state index contributed by atoms with van der Waals surface area (Å²) in [6.07, 6.45) is 33.7. The lowest BCUT2D eigenvalue weighted by Crippen LogP contribution is -2.28. The molecule has 0 amide bonds. The zero-order valence-corrected chi connectivity index (χ0v) is 34.4. The number of aliphatic hydroxyl groups is 1. The van der Waals surface area contributed by atoms with E-state index in [1.807, 2.05) is 13.8 Å². The van der Waals surface area contributed by atoms with Gasteiger partial charge in [-0.2, -0.15) is 0 Å². The van der Waals surface area contributed by atoms with Crippen molar-refractivity contribution in [1.29, 1.82) is 0 Å². The minimum atomic E-state index is -0.404. The smallest absolute Gasteiger partial charge is 0.311 e. The maximum atomic E-state index is 12.6. The van der Waals surface area contributed by atoms with E-state index < -0.39 is 5.41 Å². The van der Waals surface area contributed by atoms with Crippen LogP contribution in [0.4, 0.5) is 0 Å². The van der Waals surface area contributed by atoms with Gasteiger partial charge in [-0.05, 0) is 84.2 Å². The average molecular weight is 710 g/mol. The van der Waals surface area contributed by atoms with Gasteiger partial charge in [-0.25, -0.2) is 0 Å². The number of hydrogen-bond donors (Lipinski definition) is 1. The van der Waals surface area contributed by atoms with E-state index in [0.29, 0.717) is 19.6 Å². The highest BCUT2D eigenvalue weighted by atomic mass is 16.5. The first kappa shape index (κ1) is 48.9. The van der Waals surface area contributed by atoms with E-state index >= 15 is 0 Å². The Kier molecular flexibility index (Phi) is 35.4. The average Bonchev–Trinajstić information content (AvgIpc) is 3.10. The summed E-state index contributed by atoms with van der Waals surface area (Å²) in [6.45, 7) is 15.4. The van der Waals surface area contributed by atoms with Crippen LogP contribution >= 0.6 is 0 Å². The molecule has 0 aliphatic carbocycles. The van der Waals surface area contributed by atoms with Crippen molar-refractivity contribution < 1.29 is 24.2 Å². The standard InChI is InChI=1S/C44H87NO5/c1-6-9-12-13-14-20-27-39-50-43(48)44(4,5)34-24-17-19-26-36-45(37-29-38-46)35-25-18-15-16-23-33-42(47)49-40-28-32-41(30-21-10-7-2)31-22-11-8-3/h41,46H,6-40H2,1-5H3. The van der Waals surface area contributed by atoms with Crippen molar-refractivity contribution in [3.63, 3.8) is 0 Å². The Bertz CT molecular complexity index is 732. The Balaban J connectivity index is 3.98. The summed E-state index contributed by atoms with van der Waals surface area (Å²) in [5.74, 6) is 0.747. The van der Waals surface area contributed by atoms with E-state index in [1.54, 1.807) is 0 Å². The van der Waals surface area contributed by atoms with Gasteiger partial charge in [0.15, 0.2) is 0 Å². The topological polar surface area (TPSA) is 76.1 Å². The summed E-state index contributed by atoms with van der Waals surface area (Å²) in [5, 5.41) is 9.38. The third-order valence-corrected chi connectivity index (χ3v) is 10.5. The molecule has 6 nitrogen and oxygen atoms in total. The van der Waals surface area contributed by atoms with Crippen molar-refractivity contribution in [2.24, 2.45) is 11.3 Å². The molecule has 50 heavy (non-hydrogen) atoms. The summed E-state index contributed by atoms with van der Waals surface area (Å²) in [6, 6.07) is 0. The molecule has 1 N–H and O–H groups in total. The van der Waals surface area contributed by atoms with Gasteiger partial charge in [0.25, 0.3) is 0 Å². The van der Waals surface area contributed by atoms with Crippen molar-refractivity contribution in [2.75, 3.05) is 39.5 Å². The second-order valence-corrected chi connectivity index (χ2v) is 16.0. The second kappa shape index (κ2) is 36.2. The highest BCUT2D eigenvalue weighted by Gasteiger charge is 2.28. The molecule has 0 aliphatic heterocycles. The highest BCUT2D eigenvalue weighted by molar-refractivity contribution is 5.75. The van der Waals surface area contributed by atoms with Gasteiger partial charge >= 0.3 is 11.9 Å². The van der Waals surface area contributed by atoms with Crippen LogP contribution in [0.2, 0.25) is 0 Å². The number of unbranched alkanes of at least 4 members (excludes halogenated alkanes) is 17.